The number of nitrogens with one attached hydrogen (secondary N) is 1. The third-order valence-electron chi connectivity index (χ3n) is 3.23. The smallest absolute Gasteiger partial charge is 0.228 e. The predicted molar refractivity (Wildman–Crippen MR) is 61.9 cm³/mol. The van der Waals surface area contributed by atoms with E-state index in [1.165, 1.54) is 12.1 Å². The molecule has 0 aliphatic heterocycles. The molecule has 0 unspecified atom stereocenters. The highest BCUT2D eigenvalue weighted by Crippen LogP contribution is 2.45. The lowest BCUT2D eigenvalue weighted by Gasteiger charge is -2.12. The Labute approximate surface area is 99.7 Å². The van der Waals surface area contributed by atoms with Gasteiger partial charge in [-0.3, -0.25) is 4.79 Å². The lowest BCUT2D eigenvalue weighted by Crippen LogP contribution is -2.35. The first kappa shape index (κ1) is 12.0. The van der Waals surface area contributed by atoms with Crippen LogP contribution in [0.25, 0.3) is 0 Å². The van der Waals surface area contributed by atoms with Gasteiger partial charge in [0.05, 0.1) is 12.0 Å². The first-order valence-corrected chi connectivity index (χ1v) is 5.80. The van der Waals surface area contributed by atoms with E-state index in [2.05, 4.69) is 5.32 Å². The van der Waals surface area contributed by atoms with Crippen LogP contribution in [0.4, 0.5) is 4.39 Å². The van der Waals surface area contributed by atoms with Gasteiger partial charge in [-0.1, -0.05) is 12.1 Å². The molecular weight excluding hydrogens is 221 g/mol. The third-order valence-corrected chi connectivity index (χ3v) is 3.23. The van der Waals surface area contributed by atoms with Gasteiger partial charge in [-0.15, -0.1) is 0 Å². The molecule has 0 heterocycles. The highest BCUT2D eigenvalue weighted by molar-refractivity contribution is 5.85. The number of hydrogen-bond donors (Lipinski definition) is 2. The fourth-order valence-electron chi connectivity index (χ4n) is 1.81. The van der Waals surface area contributed by atoms with Crippen molar-refractivity contribution in [2.24, 2.45) is 5.41 Å². The Hall–Kier alpha value is -1.42. The molecule has 1 aliphatic carbocycles. The summed E-state index contributed by atoms with van der Waals surface area (Å²) in [4.78, 5) is 11.7. The summed E-state index contributed by atoms with van der Waals surface area (Å²) in [6.07, 6.45) is 2.12. The van der Waals surface area contributed by atoms with Gasteiger partial charge in [0.15, 0.2) is 0 Å². The Bertz CT molecular complexity index is 416. The largest absolute Gasteiger partial charge is 0.395 e. The quantitative estimate of drug-likeness (QED) is 0.810. The van der Waals surface area contributed by atoms with Crippen LogP contribution in [0.1, 0.15) is 18.4 Å². The molecule has 0 atom stereocenters. The highest BCUT2D eigenvalue weighted by Gasteiger charge is 2.49. The maximum absolute atomic E-state index is 12.9. The van der Waals surface area contributed by atoms with E-state index in [0.29, 0.717) is 13.0 Å². The molecular formula is C13H16FNO2. The fraction of sp³-hybridized carbons (Fsp3) is 0.462. The minimum Gasteiger partial charge on any atom is -0.395 e. The minimum atomic E-state index is -0.526. The maximum Gasteiger partial charge on any atom is 0.228 e. The van der Waals surface area contributed by atoms with Crippen LogP contribution in [-0.2, 0) is 11.2 Å². The van der Waals surface area contributed by atoms with E-state index >= 15 is 0 Å². The van der Waals surface area contributed by atoms with E-state index in [-0.39, 0.29) is 18.3 Å². The predicted octanol–water partition coefficient (Wildman–Crippen LogP) is 1.26. The normalized spacial score (nSPS) is 16.6. The topological polar surface area (TPSA) is 49.3 Å². The van der Waals surface area contributed by atoms with Crippen LogP contribution in [0, 0.1) is 11.2 Å². The molecule has 1 aliphatic rings. The summed E-state index contributed by atoms with van der Waals surface area (Å²) in [6, 6.07) is 6.34. The van der Waals surface area contributed by atoms with Crippen LogP contribution in [0.2, 0.25) is 0 Å². The van der Waals surface area contributed by atoms with Crippen molar-refractivity contribution in [1.29, 1.82) is 0 Å². The van der Waals surface area contributed by atoms with Crippen molar-refractivity contribution in [2.75, 3.05) is 13.2 Å². The SMILES string of the molecule is O=C(NCCc1cccc(F)c1)C1(CO)CC1. The van der Waals surface area contributed by atoms with Gasteiger partial charge in [-0.2, -0.15) is 0 Å². The molecule has 1 aromatic rings. The van der Waals surface area contributed by atoms with E-state index in [0.717, 1.165) is 18.4 Å². The molecule has 0 bridgehead atoms. The Balaban J connectivity index is 1.78. The molecule has 0 saturated heterocycles. The first-order valence-electron chi connectivity index (χ1n) is 5.80. The van der Waals surface area contributed by atoms with Gasteiger partial charge in [0.2, 0.25) is 5.91 Å². The molecule has 92 valence electrons. The number of carbonyl (C=O) groups is 1. The van der Waals surface area contributed by atoms with Gasteiger partial charge in [0, 0.05) is 6.54 Å². The van der Waals surface area contributed by atoms with Crippen LogP contribution in [0.5, 0.6) is 0 Å². The highest BCUT2D eigenvalue weighted by atomic mass is 19.1. The lowest BCUT2D eigenvalue weighted by molar-refractivity contribution is -0.127. The first-order chi connectivity index (χ1) is 8.16. The molecule has 0 spiro atoms. The minimum absolute atomic E-state index is 0.0845. The number of aliphatic hydroxyl groups excluding tert-OH is 1. The van der Waals surface area contributed by atoms with Crippen molar-refractivity contribution >= 4 is 5.91 Å². The van der Waals surface area contributed by atoms with Crippen LogP contribution >= 0.6 is 0 Å². The Morgan fingerprint density at radius 1 is 1.47 bits per heavy atom. The average molecular weight is 237 g/mol. The second-order valence-corrected chi connectivity index (χ2v) is 4.57. The fourth-order valence-corrected chi connectivity index (χ4v) is 1.81. The van der Waals surface area contributed by atoms with E-state index in [1.54, 1.807) is 6.07 Å². The number of amides is 1. The molecule has 1 amide bonds. The van der Waals surface area contributed by atoms with Crippen LogP contribution in [-0.4, -0.2) is 24.2 Å². The lowest BCUT2D eigenvalue weighted by atomic mass is 10.1. The summed E-state index contributed by atoms with van der Waals surface area (Å²) in [5.41, 5.74) is 0.334. The van der Waals surface area contributed by atoms with E-state index in [1.807, 2.05) is 6.07 Å². The van der Waals surface area contributed by atoms with Gasteiger partial charge >= 0.3 is 0 Å². The molecule has 1 aromatic carbocycles. The number of rotatable bonds is 5. The second kappa shape index (κ2) is 4.84. The van der Waals surface area contributed by atoms with Gasteiger partial charge in [0.1, 0.15) is 5.82 Å². The monoisotopic (exact) mass is 237 g/mol. The molecule has 2 N–H and O–H groups in total. The third kappa shape index (κ3) is 2.82. The average Bonchev–Trinajstić information content (AvgIpc) is 3.10. The van der Waals surface area contributed by atoms with Gasteiger partial charge in [0.25, 0.3) is 0 Å². The Morgan fingerprint density at radius 3 is 2.82 bits per heavy atom. The van der Waals surface area contributed by atoms with Crippen molar-refractivity contribution in [2.45, 2.75) is 19.3 Å². The molecule has 2 rings (SSSR count). The molecule has 1 fully saturated rings. The maximum atomic E-state index is 12.9. The molecule has 1 saturated carbocycles. The Morgan fingerprint density at radius 2 is 2.24 bits per heavy atom. The summed E-state index contributed by atoms with van der Waals surface area (Å²) in [7, 11) is 0. The van der Waals surface area contributed by atoms with E-state index < -0.39 is 5.41 Å². The number of aliphatic hydroxyl groups is 1. The molecule has 17 heavy (non-hydrogen) atoms. The van der Waals surface area contributed by atoms with Crippen molar-refractivity contribution in [1.82, 2.24) is 5.32 Å². The molecule has 0 aromatic heterocycles. The molecule has 3 nitrogen and oxygen atoms in total. The summed E-state index contributed by atoms with van der Waals surface area (Å²) < 4.78 is 12.9. The Kier molecular flexibility index (Phi) is 3.43. The van der Waals surface area contributed by atoms with E-state index in [9.17, 15) is 9.18 Å². The van der Waals surface area contributed by atoms with Crippen LogP contribution in [0.15, 0.2) is 24.3 Å². The number of hydrogen-bond acceptors (Lipinski definition) is 2. The number of carbonyl (C=O) groups excluding carboxylic acids is 1. The van der Waals surface area contributed by atoms with Gasteiger partial charge in [-0.25, -0.2) is 4.39 Å². The summed E-state index contributed by atoms with van der Waals surface area (Å²) in [5, 5.41) is 11.9. The van der Waals surface area contributed by atoms with Crippen molar-refractivity contribution in [3.05, 3.63) is 35.6 Å². The zero-order chi connectivity index (χ0) is 12.3. The second-order valence-electron chi connectivity index (χ2n) is 4.57. The standard InChI is InChI=1S/C13H16FNO2/c14-11-3-1-2-10(8-11)4-7-15-12(17)13(9-16)5-6-13/h1-3,8,16H,4-7,9H2,(H,15,17). The van der Waals surface area contributed by atoms with Crippen molar-refractivity contribution in [3.63, 3.8) is 0 Å². The van der Waals surface area contributed by atoms with Gasteiger partial charge < -0.3 is 10.4 Å². The summed E-state index contributed by atoms with van der Waals surface area (Å²) >= 11 is 0. The molecule has 4 heteroatoms. The zero-order valence-corrected chi connectivity index (χ0v) is 9.58. The van der Waals surface area contributed by atoms with Crippen molar-refractivity contribution < 1.29 is 14.3 Å². The van der Waals surface area contributed by atoms with Crippen LogP contribution < -0.4 is 5.32 Å². The van der Waals surface area contributed by atoms with E-state index in [4.69, 9.17) is 5.11 Å². The van der Waals surface area contributed by atoms with Crippen molar-refractivity contribution in [3.8, 4) is 0 Å². The summed E-state index contributed by atoms with van der Waals surface area (Å²) in [6.45, 7) is 0.392. The molecule has 0 radical (unpaired) electrons. The van der Waals surface area contributed by atoms with Gasteiger partial charge in [-0.05, 0) is 37.0 Å². The number of halogens is 1. The van der Waals surface area contributed by atoms with Crippen LogP contribution in [0.3, 0.4) is 0 Å². The summed E-state index contributed by atoms with van der Waals surface area (Å²) in [5.74, 6) is -0.348. The zero-order valence-electron chi connectivity index (χ0n) is 9.58. The number of benzene rings is 1.